The maximum Gasteiger partial charge on any atom is 0.410 e. The topological polar surface area (TPSA) is 88.6 Å². The van der Waals surface area contributed by atoms with Gasteiger partial charge in [-0.1, -0.05) is 12.1 Å². The van der Waals surface area contributed by atoms with Crippen LogP contribution in [0.25, 0.3) is 0 Å². The van der Waals surface area contributed by atoms with Crippen molar-refractivity contribution in [2.24, 2.45) is 0 Å². The van der Waals surface area contributed by atoms with Gasteiger partial charge >= 0.3 is 18.1 Å². The number of piperazine rings is 1. The summed E-state index contributed by atoms with van der Waals surface area (Å²) in [4.78, 5) is 42.4. The molecular weight excluding hydrogens is 469 g/mol. The van der Waals surface area contributed by atoms with Crippen LogP contribution in [0.4, 0.5) is 19.7 Å². The molecule has 3 amide bonds. The second kappa shape index (κ2) is 11.3. The Morgan fingerprint density at radius 1 is 0.972 bits per heavy atom. The van der Waals surface area contributed by atoms with Crippen LogP contribution in [0.5, 0.6) is 5.75 Å². The minimum Gasteiger partial charge on any atom is -0.497 e. The Hall–Kier alpha value is -3.82. The number of benzene rings is 2. The minimum absolute atomic E-state index is 0.0778. The lowest BCUT2D eigenvalue weighted by atomic mass is 10.1. The van der Waals surface area contributed by atoms with E-state index in [1.165, 1.54) is 31.3 Å². The number of halogens is 1. The average molecular weight is 502 g/mol. The second-order valence-electron chi connectivity index (χ2n) is 9.32. The zero-order chi connectivity index (χ0) is 26.5. The predicted octanol–water partition coefficient (Wildman–Crippen LogP) is 4.30. The van der Waals surface area contributed by atoms with E-state index in [1.807, 2.05) is 0 Å². The first-order valence-corrected chi connectivity index (χ1v) is 11.6. The molecule has 0 bridgehead atoms. The van der Waals surface area contributed by atoms with Crippen molar-refractivity contribution >= 4 is 23.8 Å². The minimum atomic E-state index is -0.649. The summed E-state index contributed by atoms with van der Waals surface area (Å²) in [6.45, 7) is 6.54. The first-order valence-electron chi connectivity index (χ1n) is 11.6. The molecule has 0 unspecified atom stereocenters. The Bertz CT molecular complexity index is 1110. The summed E-state index contributed by atoms with van der Waals surface area (Å²) < 4.78 is 30.3. The van der Waals surface area contributed by atoms with Crippen LogP contribution in [0, 0.1) is 5.82 Å². The summed E-state index contributed by atoms with van der Waals surface area (Å²) in [6, 6.07) is 10.6. The molecule has 3 rings (SSSR count). The zero-order valence-corrected chi connectivity index (χ0v) is 21.2. The van der Waals surface area contributed by atoms with Gasteiger partial charge in [0.2, 0.25) is 0 Å². The highest BCUT2D eigenvalue weighted by molar-refractivity contribution is 5.92. The predicted molar refractivity (Wildman–Crippen MR) is 132 cm³/mol. The van der Waals surface area contributed by atoms with Crippen LogP contribution in [0.1, 0.15) is 36.7 Å². The molecule has 0 saturated carbocycles. The Balaban J connectivity index is 1.82. The van der Waals surface area contributed by atoms with Crippen molar-refractivity contribution in [3.63, 3.8) is 0 Å². The highest BCUT2D eigenvalue weighted by Gasteiger charge is 2.31. The van der Waals surface area contributed by atoms with Gasteiger partial charge in [-0.15, -0.1) is 0 Å². The van der Waals surface area contributed by atoms with Crippen LogP contribution >= 0.6 is 0 Å². The third-order valence-electron chi connectivity index (χ3n) is 5.60. The second-order valence-corrected chi connectivity index (χ2v) is 9.32. The molecule has 1 saturated heterocycles. The molecule has 0 spiro atoms. The molecule has 1 fully saturated rings. The van der Waals surface area contributed by atoms with Crippen molar-refractivity contribution in [2.75, 3.05) is 45.3 Å². The van der Waals surface area contributed by atoms with Crippen LogP contribution in [0.15, 0.2) is 42.5 Å². The van der Waals surface area contributed by atoms with Crippen LogP contribution in [-0.4, -0.2) is 73.9 Å². The van der Waals surface area contributed by atoms with Crippen LogP contribution < -0.4 is 9.64 Å². The molecule has 9 nitrogen and oxygen atoms in total. The molecule has 0 atom stereocenters. The number of amides is 3. The number of urea groups is 1. The van der Waals surface area contributed by atoms with E-state index >= 15 is 0 Å². The molecule has 10 heteroatoms. The summed E-state index contributed by atoms with van der Waals surface area (Å²) in [5.41, 5.74) is 0.216. The van der Waals surface area contributed by atoms with Gasteiger partial charge in [0.05, 0.1) is 26.3 Å². The van der Waals surface area contributed by atoms with Crippen LogP contribution in [0.3, 0.4) is 0 Å². The number of esters is 1. The van der Waals surface area contributed by atoms with Gasteiger partial charge in [-0.3, -0.25) is 4.90 Å². The monoisotopic (exact) mass is 501 g/mol. The molecule has 1 heterocycles. The number of ether oxygens (including phenoxy) is 3. The van der Waals surface area contributed by atoms with E-state index in [2.05, 4.69) is 4.74 Å². The Labute approximate surface area is 210 Å². The molecule has 0 aliphatic carbocycles. The standard InChI is InChI=1S/C26H32FN3O6/c1-26(2,3)36-25(33)29-13-11-28(12-14-29)24(32)30(20-7-6-8-21(16-20)34-4)17-19-10-9-18(15-22(19)27)23(31)35-5/h6-10,15-16H,11-14,17H2,1-5H3. The largest absolute Gasteiger partial charge is 0.497 e. The quantitative estimate of drug-likeness (QED) is 0.568. The number of carbonyl (C=O) groups is 3. The van der Waals surface area contributed by atoms with Gasteiger partial charge in [0, 0.05) is 43.5 Å². The SMILES string of the molecule is COC(=O)c1ccc(CN(C(=O)N2CCN(C(=O)OC(C)(C)C)CC2)c2cccc(OC)c2)c(F)c1. The van der Waals surface area contributed by atoms with Gasteiger partial charge in [0.1, 0.15) is 17.2 Å². The molecule has 194 valence electrons. The molecular formula is C26H32FN3O6. The molecule has 2 aromatic rings. The van der Waals surface area contributed by atoms with Crippen LogP contribution in [0.2, 0.25) is 0 Å². The number of nitrogens with zero attached hydrogens (tertiary/aromatic N) is 3. The fourth-order valence-electron chi connectivity index (χ4n) is 3.72. The van der Waals surface area contributed by atoms with Crippen molar-refractivity contribution in [1.29, 1.82) is 0 Å². The summed E-state index contributed by atoms with van der Waals surface area (Å²) in [7, 11) is 2.74. The van der Waals surface area contributed by atoms with Crippen molar-refractivity contribution in [2.45, 2.75) is 32.9 Å². The van der Waals surface area contributed by atoms with Gasteiger partial charge in [-0.25, -0.2) is 18.8 Å². The number of hydrogen-bond acceptors (Lipinski definition) is 6. The van der Waals surface area contributed by atoms with Gasteiger partial charge < -0.3 is 24.0 Å². The molecule has 36 heavy (non-hydrogen) atoms. The number of methoxy groups -OCH3 is 2. The van der Waals surface area contributed by atoms with Gasteiger partial charge in [-0.2, -0.15) is 0 Å². The molecule has 0 N–H and O–H groups in total. The highest BCUT2D eigenvalue weighted by atomic mass is 19.1. The molecule has 1 aliphatic heterocycles. The van der Waals surface area contributed by atoms with E-state index in [0.29, 0.717) is 37.6 Å². The van der Waals surface area contributed by atoms with Crippen molar-refractivity contribution in [1.82, 2.24) is 9.80 Å². The average Bonchev–Trinajstić information content (AvgIpc) is 2.86. The first kappa shape index (κ1) is 26.8. The third-order valence-corrected chi connectivity index (χ3v) is 5.60. The Morgan fingerprint density at radius 3 is 2.22 bits per heavy atom. The lowest BCUT2D eigenvalue weighted by molar-refractivity contribution is 0.0172. The normalized spacial score (nSPS) is 13.7. The van der Waals surface area contributed by atoms with E-state index < -0.39 is 23.5 Å². The smallest absolute Gasteiger partial charge is 0.410 e. The maximum atomic E-state index is 14.9. The number of anilines is 1. The molecule has 2 aromatic carbocycles. The molecule has 1 aliphatic rings. The van der Waals surface area contributed by atoms with E-state index in [1.54, 1.807) is 54.8 Å². The zero-order valence-electron chi connectivity index (χ0n) is 21.2. The van der Waals surface area contributed by atoms with Gasteiger partial charge in [0.15, 0.2) is 0 Å². The Kier molecular flexibility index (Phi) is 8.39. The number of hydrogen-bond donors (Lipinski definition) is 0. The summed E-state index contributed by atoms with van der Waals surface area (Å²) in [5, 5.41) is 0. The van der Waals surface area contributed by atoms with Crippen molar-refractivity contribution < 1.29 is 33.0 Å². The highest BCUT2D eigenvalue weighted by Crippen LogP contribution is 2.26. The van der Waals surface area contributed by atoms with E-state index in [0.717, 1.165) is 6.07 Å². The fourth-order valence-corrected chi connectivity index (χ4v) is 3.72. The summed E-state index contributed by atoms with van der Waals surface area (Å²) in [5.74, 6) is -0.737. The van der Waals surface area contributed by atoms with Crippen molar-refractivity contribution in [3.05, 3.63) is 59.4 Å². The van der Waals surface area contributed by atoms with Gasteiger partial charge in [0.25, 0.3) is 0 Å². The van der Waals surface area contributed by atoms with E-state index in [-0.39, 0.29) is 23.7 Å². The lowest BCUT2D eigenvalue weighted by Gasteiger charge is -2.38. The lowest BCUT2D eigenvalue weighted by Crippen LogP contribution is -2.54. The number of carbonyl (C=O) groups excluding carboxylic acids is 3. The number of rotatable bonds is 5. The Morgan fingerprint density at radius 2 is 1.64 bits per heavy atom. The maximum absolute atomic E-state index is 14.9. The van der Waals surface area contributed by atoms with E-state index in [4.69, 9.17) is 9.47 Å². The van der Waals surface area contributed by atoms with E-state index in [9.17, 15) is 18.8 Å². The fraction of sp³-hybridized carbons (Fsp3) is 0.423. The van der Waals surface area contributed by atoms with Crippen LogP contribution in [-0.2, 0) is 16.0 Å². The third kappa shape index (κ3) is 6.65. The van der Waals surface area contributed by atoms with Gasteiger partial charge in [-0.05, 0) is 45.0 Å². The molecule has 0 aromatic heterocycles. The molecule has 0 radical (unpaired) electrons. The van der Waals surface area contributed by atoms with Crippen molar-refractivity contribution in [3.8, 4) is 5.75 Å². The summed E-state index contributed by atoms with van der Waals surface area (Å²) >= 11 is 0. The summed E-state index contributed by atoms with van der Waals surface area (Å²) in [6.07, 6.45) is -0.424. The first-order chi connectivity index (χ1) is 17.0.